The molecule has 1 fully saturated rings. The Hall–Kier alpha value is -3.26. The molecule has 1 aromatic heterocycles. The van der Waals surface area contributed by atoms with E-state index in [2.05, 4.69) is 4.98 Å². The molecule has 0 aliphatic carbocycles. The molecule has 1 aliphatic heterocycles. The van der Waals surface area contributed by atoms with Crippen LogP contribution in [0.1, 0.15) is 35.1 Å². The van der Waals surface area contributed by atoms with E-state index in [0.29, 0.717) is 55.3 Å². The average Bonchev–Trinajstić information content (AvgIpc) is 3.20. The van der Waals surface area contributed by atoms with Crippen molar-refractivity contribution in [1.82, 2.24) is 13.9 Å². The first-order valence-electron chi connectivity index (χ1n) is 10.7. The second-order valence-corrected chi connectivity index (χ2v) is 9.55. The Morgan fingerprint density at radius 3 is 2.58 bits per heavy atom. The van der Waals surface area contributed by atoms with E-state index in [9.17, 15) is 13.2 Å². The van der Waals surface area contributed by atoms with Gasteiger partial charge in [-0.05, 0) is 48.9 Å². The van der Waals surface area contributed by atoms with Crippen LogP contribution < -0.4 is 0 Å². The summed E-state index contributed by atoms with van der Waals surface area (Å²) in [5.41, 5.74) is 2.11. The van der Waals surface area contributed by atoms with Gasteiger partial charge in [-0.3, -0.25) is 0 Å². The third-order valence-corrected chi connectivity index (χ3v) is 7.33. The fraction of sp³-hybridized carbons (Fsp3) is 0.348. The van der Waals surface area contributed by atoms with E-state index in [4.69, 9.17) is 14.7 Å². The van der Waals surface area contributed by atoms with Crippen LogP contribution in [0.2, 0.25) is 0 Å². The van der Waals surface area contributed by atoms with E-state index in [0.717, 1.165) is 11.9 Å². The predicted octanol–water partition coefficient (Wildman–Crippen LogP) is 2.70. The number of carbonyl (C=O) groups excluding carboxylic acids is 1. The number of rotatable bonds is 7. The Morgan fingerprint density at radius 1 is 1.18 bits per heavy atom. The highest BCUT2D eigenvalue weighted by molar-refractivity contribution is 7.89. The lowest BCUT2D eigenvalue weighted by Gasteiger charge is -2.26. The molecule has 33 heavy (non-hydrogen) atoms. The lowest BCUT2D eigenvalue weighted by molar-refractivity contribution is 0.0458. The van der Waals surface area contributed by atoms with Gasteiger partial charge in [-0.2, -0.15) is 9.57 Å². The van der Waals surface area contributed by atoms with E-state index in [1.54, 1.807) is 42.5 Å². The zero-order valence-corrected chi connectivity index (χ0v) is 19.0. The maximum Gasteiger partial charge on any atom is 0.338 e. The first-order valence-corrected chi connectivity index (χ1v) is 12.1. The SMILES string of the molecule is CCCn1c(COC(=O)c2ccc(C#N)cc2)nc2cc(S(=O)(=O)N3CCOCC3)ccc21. The summed E-state index contributed by atoms with van der Waals surface area (Å²) in [6.45, 7) is 4.01. The molecule has 1 saturated heterocycles. The number of sulfonamides is 1. The highest BCUT2D eigenvalue weighted by atomic mass is 32.2. The van der Waals surface area contributed by atoms with Crippen molar-refractivity contribution < 1.29 is 22.7 Å². The van der Waals surface area contributed by atoms with E-state index >= 15 is 0 Å². The minimum atomic E-state index is -3.64. The number of ether oxygens (including phenoxy) is 2. The van der Waals surface area contributed by atoms with E-state index in [-0.39, 0.29) is 11.5 Å². The molecule has 0 unspecified atom stereocenters. The van der Waals surface area contributed by atoms with E-state index in [1.165, 1.54) is 4.31 Å². The van der Waals surface area contributed by atoms with Crippen LogP contribution in [0, 0.1) is 11.3 Å². The molecule has 10 heteroatoms. The number of fused-ring (bicyclic) bond motifs is 1. The molecular formula is C23H24N4O5S. The third kappa shape index (κ3) is 4.75. The number of aryl methyl sites for hydroxylation is 1. The number of carbonyl (C=O) groups is 1. The smallest absolute Gasteiger partial charge is 0.338 e. The maximum absolute atomic E-state index is 13.0. The number of hydrogen-bond acceptors (Lipinski definition) is 7. The van der Waals surface area contributed by atoms with Crippen LogP contribution in [0.3, 0.4) is 0 Å². The molecule has 9 nitrogen and oxygen atoms in total. The summed E-state index contributed by atoms with van der Waals surface area (Å²) in [4.78, 5) is 17.2. The third-order valence-electron chi connectivity index (χ3n) is 5.44. The van der Waals surface area contributed by atoms with Gasteiger partial charge in [-0.15, -0.1) is 0 Å². The minimum absolute atomic E-state index is 0.0565. The average molecular weight is 469 g/mol. The van der Waals surface area contributed by atoms with E-state index in [1.807, 2.05) is 17.6 Å². The van der Waals surface area contributed by atoms with Gasteiger partial charge in [-0.1, -0.05) is 6.92 Å². The number of nitrogens with zero attached hydrogens (tertiary/aromatic N) is 4. The van der Waals surface area contributed by atoms with Crippen molar-refractivity contribution in [2.45, 2.75) is 31.4 Å². The second kappa shape index (κ2) is 9.70. The first-order chi connectivity index (χ1) is 15.9. The summed E-state index contributed by atoms with van der Waals surface area (Å²) in [5.74, 6) is 0.0138. The van der Waals surface area contributed by atoms with Crippen molar-refractivity contribution in [3.05, 3.63) is 59.4 Å². The summed E-state index contributed by atoms with van der Waals surface area (Å²) in [5, 5.41) is 8.89. The van der Waals surface area contributed by atoms with Crippen molar-refractivity contribution in [1.29, 1.82) is 5.26 Å². The second-order valence-electron chi connectivity index (χ2n) is 7.61. The van der Waals surface area contributed by atoms with Gasteiger partial charge in [0.2, 0.25) is 10.0 Å². The molecule has 0 saturated carbocycles. The number of esters is 1. The Morgan fingerprint density at radius 2 is 1.91 bits per heavy atom. The monoisotopic (exact) mass is 468 g/mol. The maximum atomic E-state index is 13.0. The van der Waals surface area contributed by atoms with Crippen LogP contribution in [-0.2, 0) is 32.6 Å². The van der Waals surface area contributed by atoms with Crippen molar-refractivity contribution in [2.24, 2.45) is 0 Å². The molecule has 2 heterocycles. The molecular weight excluding hydrogens is 444 g/mol. The molecule has 0 N–H and O–H groups in total. The van der Waals surface area contributed by atoms with Crippen LogP contribution in [0.25, 0.3) is 11.0 Å². The number of morpholine rings is 1. The molecule has 172 valence electrons. The summed E-state index contributed by atoms with van der Waals surface area (Å²) in [7, 11) is -3.64. The molecule has 1 aliphatic rings. The topological polar surface area (TPSA) is 115 Å². The van der Waals surface area contributed by atoms with Crippen molar-refractivity contribution in [2.75, 3.05) is 26.3 Å². The Kier molecular flexibility index (Phi) is 6.74. The van der Waals surface area contributed by atoms with Crippen LogP contribution in [0.4, 0.5) is 0 Å². The molecule has 0 amide bonds. The van der Waals surface area contributed by atoms with Crippen LogP contribution in [-0.4, -0.2) is 54.5 Å². The van der Waals surface area contributed by atoms with Gasteiger partial charge < -0.3 is 14.0 Å². The Bertz CT molecular complexity index is 1300. The zero-order valence-electron chi connectivity index (χ0n) is 18.2. The lowest BCUT2D eigenvalue weighted by Crippen LogP contribution is -2.40. The van der Waals surface area contributed by atoms with Crippen molar-refractivity contribution in [3.8, 4) is 6.07 Å². The van der Waals surface area contributed by atoms with Crippen LogP contribution in [0.15, 0.2) is 47.4 Å². The van der Waals surface area contributed by atoms with Crippen molar-refractivity contribution in [3.63, 3.8) is 0 Å². The predicted molar refractivity (Wildman–Crippen MR) is 120 cm³/mol. The summed E-state index contributed by atoms with van der Waals surface area (Å²) in [6.07, 6.45) is 0.829. The number of imidazole rings is 1. The Labute approximate surface area is 192 Å². The fourth-order valence-corrected chi connectivity index (χ4v) is 5.16. The van der Waals surface area contributed by atoms with Gasteiger partial charge in [0.15, 0.2) is 0 Å². The number of nitriles is 1. The lowest BCUT2D eigenvalue weighted by atomic mass is 10.1. The van der Waals surface area contributed by atoms with Gasteiger partial charge >= 0.3 is 5.97 Å². The summed E-state index contributed by atoms with van der Waals surface area (Å²) >= 11 is 0. The van der Waals surface area contributed by atoms with E-state index < -0.39 is 16.0 Å². The fourth-order valence-electron chi connectivity index (χ4n) is 3.73. The first kappa shape index (κ1) is 22.9. The minimum Gasteiger partial charge on any atom is -0.454 e. The molecule has 4 rings (SSSR count). The van der Waals surface area contributed by atoms with Gasteiger partial charge in [0.25, 0.3) is 0 Å². The largest absolute Gasteiger partial charge is 0.454 e. The molecule has 3 aromatic rings. The quantitative estimate of drug-likeness (QED) is 0.490. The van der Waals surface area contributed by atoms with Gasteiger partial charge in [0, 0.05) is 19.6 Å². The Balaban J connectivity index is 1.59. The van der Waals surface area contributed by atoms with Gasteiger partial charge in [0.1, 0.15) is 12.4 Å². The highest BCUT2D eigenvalue weighted by Crippen LogP contribution is 2.24. The van der Waals surface area contributed by atoms with Gasteiger partial charge in [0.05, 0.1) is 46.3 Å². The standard InChI is InChI=1S/C23H24N4O5S/c1-2-9-27-21-8-7-19(33(29,30)26-10-12-31-13-11-26)14-20(21)25-22(27)16-32-23(28)18-5-3-17(15-24)4-6-18/h3-8,14H,2,9-13,16H2,1H3. The molecule has 2 aromatic carbocycles. The number of benzene rings is 2. The number of aromatic nitrogens is 2. The highest BCUT2D eigenvalue weighted by Gasteiger charge is 2.27. The molecule has 0 atom stereocenters. The van der Waals surface area contributed by atoms with Crippen molar-refractivity contribution >= 4 is 27.0 Å². The molecule has 0 radical (unpaired) electrons. The molecule has 0 spiro atoms. The normalized spacial score (nSPS) is 14.8. The van der Waals surface area contributed by atoms with Crippen LogP contribution in [0.5, 0.6) is 0 Å². The van der Waals surface area contributed by atoms with Crippen LogP contribution >= 0.6 is 0 Å². The zero-order chi connectivity index (χ0) is 23.4. The van der Waals surface area contributed by atoms with Gasteiger partial charge in [-0.25, -0.2) is 18.2 Å². The number of hydrogen-bond donors (Lipinski definition) is 0. The summed E-state index contributed by atoms with van der Waals surface area (Å²) in [6, 6.07) is 13.1. The summed E-state index contributed by atoms with van der Waals surface area (Å²) < 4.78 is 40.1. The molecule has 0 bridgehead atoms.